The second-order valence-electron chi connectivity index (χ2n) is 5.47. The number of hydrogen-bond acceptors (Lipinski definition) is 4. The molecular weight excluding hydrogens is 306 g/mol. The standard InChI is InChI=1S/C19H13NO2S/c1-11(21)12-6-7-13-10-17(22)15(9-14(13)8-12)19-20-16-4-2-3-5-18(16)23-19/h2-10,22H,1H3. The SMILES string of the molecule is CC(=O)c1ccc2cc(O)c(-c3nc4ccccc4s3)cc2c1. The van der Waals surface area contributed by atoms with E-state index in [1.54, 1.807) is 30.4 Å². The zero-order chi connectivity index (χ0) is 16.0. The zero-order valence-corrected chi connectivity index (χ0v) is 13.2. The lowest BCUT2D eigenvalue weighted by Crippen LogP contribution is -1.91. The number of benzene rings is 3. The largest absolute Gasteiger partial charge is 0.507 e. The zero-order valence-electron chi connectivity index (χ0n) is 12.4. The summed E-state index contributed by atoms with van der Waals surface area (Å²) in [5, 5.41) is 13.0. The van der Waals surface area contributed by atoms with Gasteiger partial charge in [-0.2, -0.15) is 0 Å². The molecule has 0 bridgehead atoms. The summed E-state index contributed by atoms with van der Waals surface area (Å²) in [7, 11) is 0. The van der Waals surface area contributed by atoms with Gasteiger partial charge in [0.25, 0.3) is 0 Å². The van der Waals surface area contributed by atoms with Gasteiger partial charge in [-0.25, -0.2) is 4.98 Å². The molecule has 0 unspecified atom stereocenters. The number of aromatic nitrogens is 1. The number of ketones is 1. The van der Waals surface area contributed by atoms with Crippen LogP contribution in [0.3, 0.4) is 0 Å². The van der Waals surface area contributed by atoms with Crippen LogP contribution in [-0.4, -0.2) is 15.9 Å². The average Bonchev–Trinajstić information content (AvgIpc) is 2.97. The maximum absolute atomic E-state index is 11.6. The summed E-state index contributed by atoms with van der Waals surface area (Å²) in [6, 6.07) is 17.0. The van der Waals surface area contributed by atoms with Gasteiger partial charge in [-0.15, -0.1) is 11.3 Å². The molecule has 0 aliphatic carbocycles. The van der Waals surface area contributed by atoms with Crippen LogP contribution in [0.2, 0.25) is 0 Å². The van der Waals surface area contributed by atoms with Crippen LogP contribution in [0.25, 0.3) is 31.6 Å². The predicted octanol–water partition coefficient (Wildman–Crippen LogP) is 5.02. The quantitative estimate of drug-likeness (QED) is 0.527. The van der Waals surface area contributed by atoms with Gasteiger partial charge < -0.3 is 5.11 Å². The van der Waals surface area contributed by atoms with Crippen molar-refractivity contribution < 1.29 is 9.90 Å². The fourth-order valence-electron chi connectivity index (χ4n) is 2.66. The number of carbonyl (C=O) groups excluding carboxylic acids is 1. The number of Topliss-reactive ketones (excluding diaryl/α,β-unsaturated/α-hetero) is 1. The highest BCUT2D eigenvalue weighted by molar-refractivity contribution is 7.21. The molecule has 3 aromatic carbocycles. The molecule has 23 heavy (non-hydrogen) atoms. The molecular formula is C19H13NO2S. The van der Waals surface area contributed by atoms with E-state index in [1.807, 2.05) is 42.5 Å². The Labute approximate surface area is 136 Å². The second kappa shape index (κ2) is 5.18. The molecule has 0 atom stereocenters. The smallest absolute Gasteiger partial charge is 0.159 e. The van der Waals surface area contributed by atoms with Crippen molar-refractivity contribution in [3.8, 4) is 16.3 Å². The van der Waals surface area contributed by atoms with Gasteiger partial charge >= 0.3 is 0 Å². The summed E-state index contributed by atoms with van der Waals surface area (Å²) in [6.45, 7) is 1.55. The van der Waals surface area contributed by atoms with Crippen molar-refractivity contribution in [2.75, 3.05) is 0 Å². The summed E-state index contributed by atoms with van der Waals surface area (Å²) >= 11 is 1.55. The fraction of sp³-hybridized carbons (Fsp3) is 0.0526. The molecule has 112 valence electrons. The maximum atomic E-state index is 11.6. The van der Waals surface area contributed by atoms with Gasteiger partial charge in [-0.3, -0.25) is 4.79 Å². The lowest BCUT2D eigenvalue weighted by atomic mass is 10.0. The van der Waals surface area contributed by atoms with Crippen molar-refractivity contribution in [1.29, 1.82) is 0 Å². The van der Waals surface area contributed by atoms with Crippen LogP contribution in [0.15, 0.2) is 54.6 Å². The molecule has 0 aliphatic heterocycles. The molecule has 0 spiro atoms. The van der Waals surface area contributed by atoms with Crippen molar-refractivity contribution >= 4 is 38.1 Å². The highest BCUT2D eigenvalue weighted by atomic mass is 32.1. The number of carbonyl (C=O) groups is 1. The fourth-order valence-corrected chi connectivity index (χ4v) is 3.65. The first-order valence-corrected chi connectivity index (χ1v) is 8.07. The summed E-state index contributed by atoms with van der Waals surface area (Å²) in [6.07, 6.45) is 0. The Hall–Kier alpha value is -2.72. The topological polar surface area (TPSA) is 50.2 Å². The summed E-state index contributed by atoms with van der Waals surface area (Å²) in [4.78, 5) is 16.2. The van der Waals surface area contributed by atoms with Crippen molar-refractivity contribution in [3.05, 3.63) is 60.2 Å². The van der Waals surface area contributed by atoms with Gasteiger partial charge in [0.15, 0.2) is 5.78 Å². The lowest BCUT2D eigenvalue weighted by Gasteiger charge is -2.06. The summed E-state index contributed by atoms with van der Waals surface area (Å²) in [5.74, 6) is 0.230. The van der Waals surface area contributed by atoms with E-state index in [1.165, 1.54) is 0 Å². The molecule has 1 N–H and O–H groups in total. The monoisotopic (exact) mass is 319 g/mol. The molecule has 0 amide bonds. The van der Waals surface area contributed by atoms with E-state index in [4.69, 9.17) is 0 Å². The molecule has 1 heterocycles. The molecule has 0 saturated heterocycles. The minimum absolute atomic E-state index is 0.0292. The van der Waals surface area contributed by atoms with Crippen LogP contribution in [0.1, 0.15) is 17.3 Å². The van der Waals surface area contributed by atoms with Crippen LogP contribution in [-0.2, 0) is 0 Å². The first kappa shape index (κ1) is 13.9. The minimum atomic E-state index is 0.0292. The first-order chi connectivity index (χ1) is 11.1. The molecule has 3 nitrogen and oxygen atoms in total. The Morgan fingerprint density at radius 1 is 1.04 bits per heavy atom. The van der Waals surface area contributed by atoms with Gasteiger partial charge in [0.1, 0.15) is 10.8 Å². The Bertz CT molecular complexity index is 1030. The lowest BCUT2D eigenvalue weighted by molar-refractivity contribution is 0.101. The molecule has 0 fully saturated rings. The van der Waals surface area contributed by atoms with Crippen molar-refractivity contribution in [3.63, 3.8) is 0 Å². The normalized spacial score (nSPS) is 11.2. The Morgan fingerprint density at radius 3 is 2.65 bits per heavy atom. The molecule has 1 aromatic heterocycles. The van der Waals surface area contributed by atoms with Crippen molar-refractivity contribution in [2.24, 2.45) is 0 Å². The van der Waals surface area contributed by atoms with Crippen LogP contribution in [0.4, 0.5) is 0 Å². The van der Waals surface area contributed by atoms with Crippen LogP contribution < -0.4 is 0 Å². The number of phenols is 1. The third-order valence-electron chi connectivity index (χ3n) is 3.89. The highest BCUT2D eigenvalue weighted by Gasteiger charge is 2.12. The van der Waals surface area contributed by atoms with E-state index >= 15 is 0 Å². The third kappa shape index (κ3) is 2.37. The molecule has 0 radical (unpaired) electrons. The number of phenolic OH excluding ortho intramolecular Hbond substituents is 1. The summed E-state index contributed by atoms with van der Waals surface area (Å²) in [5.41, 5.74) is 2.28. The molecule has 4 aromatic rings. The molecule has 4 rings (SSSR count). The molecule has 4 heteroatoms. The van der Waals surface area contributed by atoms with E-state index < -0.39 is 0 Å². The number of para-hydroxylation sites is 1. The van der Waals surface area contributed by atoms with Crippen molar-refractivity contribution in [1.82, 2.24) is 4.98 Å². The number of aromatic hydroxyl groups is 1. The van der Waals surface area contributed by atoms with E-state index in [0.717, 1.165) is 26.0 Å². The van der Waals surface area contributed by atoms with Gasteiger partial charge in [0, 0.05) is 5.56 Å². The van der Waals surface area contributed by atoms with E-state index in [-0.39, 0.29) is 11.5 Å². The van der Waals surface area contributed by atoms with E-state index in [0.29, 0.717) is 11.1 Å². The number of nitrogens with zero attached hydrogens (tertiary/aromatic N) is 1. The average molecular weight is 319 g/mol. The number of hydrogen-bond donors (Lipinski definition) is 1. The van der Waals surface area contributed by atoms with Gasteiger partial charge in [-0.05, 0) is 48.0 Å². The van der Waals surface area contributed by atoms with Crippen LogP contribution in [0.5, 0.6) is 5.75 Å². The number of rotatable bonds is 2. The Morgan fingerprint density at radius 2 is 1.87 bits per heavy atom. The van der Waals surface area contributed by atoms with Gasteiger partial charge in [0.2, 0.25) is 0 Å². The predicted molar refractivity (Wildman–Crippen MR) is 94.2 cm³/mol. The third-order valence-corrected chi connectivity index (χ3v) is 4.96. The number of fused-ring (bicyclic) bond motifs is 2. The minimum Gasteiger partial charge on any atom is -0.507 e. The van der Waals surface area contributed by atoms with E-state index in [9.17, 15) is 9.90 Å². The molecule has 0 aliphatic rings. The van der Waals surface area contributed by atoms with Crippen molar-refractivity contribution in [2.45, 2.75) is 6.92 Å². The van der Waals surface area contributed by atoms with Gasteiger partial charge in [0.05, 0.1) is 15.8 Å². The first-order valence-electron chi connectivity index (χ1n) is 7.25. The summed E-state index contributed by atoms with van der Waals surface area (Å²) < 4.78 is 1.08. The van der Waals surface area contributed by atoms with E-state index in [2.05, 4.69) is 4.98 Å². The Balaban J connectivity index is 1.94. The highest BCUT2D eigenvalue weighted by Crippen LogP contribution is 2.37. The maximum Gasteiger partial charge on any atom is 0.159 e. The van der Waals surface area contributed by atoms with Gasteiger partial charge in [-0.1, -0.05) is 24.3 Å². The van der Waals surface area contributed by atoms with Crippen LogP contribution in [0, 0.1) is 0 Å². The molecule has 0 saturated carbocycles. The second-order valence-corrected chi connectivity index (χ2v) is 6.50. The Kier molecular flexibility index (Phi) is 3.13. The van der Waals surface area contributed by atoms with Crippen LogP contribution >= 0.6 is 11.3 Å². The number of thiazole rings is 1.